The molecule has 0 fully saturated rings. The SMILES string of the molecule is CCCCC/C=C\CCCCCCCC(=O)OCCCCCCCCCCCCCCCCCCCCCCCCCCCCCCCCCCCCCC(=O)NC(CO)C(O)CCCCCCCCCCCCCCCC. The molecule has 0 rings (SSSR count). The molecule has 1 amide bonds. The number of rotatable bonds is 68. The molecule has 0 aromatic rings. The summed E-state index contributed by atoms with van der Waals surface area (Å²) in [5.74, 6) is -0.0135. The van der Waals surface area contributed by atoms with Gasteiger partial charge in [0.1, 0.15) is 0 Å². The van der Waals surface area contributed by atoms with Crippen LogP contribution in [0, 0.1) is 0 Å². The molecule has 0 aliphatic heterocycles. The van der Waals surface area contributed by atoms with Gasteiger partial charge in [-0.05, 0) is 51.4 Å². The van der Waals surface area contributed by atoms with E-state index >= 15 is 0 Å². The van der Waals surface area contributed by atoms with Crippen LogP contribution < -0.4 is 5.32 Å². The fourth-order valence-corrected chi connectivity index (χ4v) is 11.6. The Bertz CT molecular complexity index is 1180. The van der Waals surface area contributed by atoms with Crippen LogP contribution in [0.5, 0.6) is 0 Å². The molecule has 6 nitrogen and oxygen atoms in total. The number of aliphatic hydroxyl groups is 2. The number of carbonyl (C=O) groups is 2. The van der Waals surface area contributed by atoms with E-state index in [0.717, 1.165) is 44.9 Å². The fraction of sp³-hybridized carbons (Fsp3) is 0.944. The van der Waals surface area contributed by atoms with Crippen LogP contribution in [-0.4, -0.2) is 47.4 Å². The van der Waals surface area contributed by atoms with Crippen molar-refractivity contribution in [1.82, 2.24) is 5.32 Å². The third-order valence-corrected chi connectivity index (χ3v) is 17.1. The van der Waals surface area contributed by atoms with Gasteiger partial charge in [0.2, 0.25) is 5.91 Å². The number of allylic oxidation sites excluding steroid dienone is 2. The zero-order chi connectivity index (χ0) is 56.4. The molecular weight excluding hydrogens is 959 g/mol. The number of nitrogens with one attached hydrogen (secondary N) is 1. The summed E-state index contributed by atoms with van der Waals surface area (Å²) < 4.78 is 5.48. The van der Waals surface area contributed by atoms with E-state index < -0.39 is 12.1 Å². The molecule has 6 heteroatoms. The Morgan fingerprint density at radius 3 is 0.936 bits per heavy atom. The van der Waals surface area contributed by atoms with E-state index in [0.29, 0.717) is 25.9 Å². The Morgan fingerprint density at radius 1 is 0.346 bits per heavy atom. The quantitative estimate of drug-likeness (QED) is 0.0320. The monoisotopic (exact) mass is 1100 g/mol. The predicted octanol–water partition coefficient (Wildman–Crippen LogP) is 23.1. The Labute approximate surface area is 489 Å². The average Bonchev–Trinajstić information content (AvgIpc) is 3.44. The molecule has 0 radical (unpaired) electrons. The topological polar surface area (TPSA) is 95.9 Å². The highest BCUT2D eigenvalue weighted by molar-refractivity contribution is 5.76. The average molecular weight is 1100 g/mol. The van der Waals surface area contributed by atoms with E-state index in [-0.39, 0.29) is 18.5 Å². The standard InChI is InChI=1S/C72H141NO5/c1-3-5-7-9-11-13-15-17-41-44-48-52-56-60-64-70(75)69(68-74)73-71(76)65-61-57-53-49-45-42-39-37-35-33-31-29-27-25-23-21-19-18-20-22-24-26-28-30-32-34-36-38-40-43-47-51-55-59-63-67-78-72(77)66-62-58-54-50-46-16-14-12-10-8-6-4-2/h12,14,69-70,74-75H,3-11,13,15-68H2,1-2H3,(H,73,76)/b14-12-. The van der Waals surface area contributed by atoms with E-state index in [1.807, 2.05) is 0 Å². The van der Waals surface area contributed by atoms with Crippen molar-refractivity contribution in [2.45, 2.75) is 424 Å². The first-order chi connectivity index (χ1) is 38.5. The maximum Gasteiger partial charge on any atom is 0.305 e. The van der Waals surface area contributed by atoms with Gasteiger partial charge in [-0.3, -0.25) is 9.59 Å². The predicted molar refractivity (Wildman–Crippen MR) is 343 cm³/mol. The minimum atomic E-state index is -0.659. The minimum Gasteiger partial charge on any atom is -0.466 e. The molecule has 0 aliphatic rings. The second-order valence-electron chi connectivity index (χ2n) is 24.9. The zero-order valence-corrected chi connectivity index (χ0v) is 53.2. The largest absolute Gasteiger partial charge is 0.466 e. The molecule has 0 aromatic carbocycles. The van der Waals surface area contributed by atoms with Crippen LogP contribution in [-0.2, 0) is 14.3 Å². The number of esters is 1. The molecule has 464 valence electrons. The van der Waals surface area contributed by atoms with Crippen LogP contribution in [0.2, 0.25) is 0 Å². The number of ether oxygens (including phenoxy) is 1. The maximum atomic E-state index is 12.5. The normalized spacial score (nSPS) is 12.5. The lowest BCUT2D eigenvalue weighted by atomic mass is 10.0. The van der Waals surface area contributed by atoms with Gasteiger partial charge < -0.3 is 20.3 Å². The van der Waals surface area contributed by atoms with Gasteiger partial charge in [0.25, 0.3) is 0 Å². The van der Waals surface area contributed by atoms with Crippen LogP contribution in [0.4, 0.5) is 0 Å². The van der Waals surface area contributed by atoms with Gasteiger partial charge in [-0.15, -0.1) is 0 Å². The number of hydrogen-bond donors (Lipinski definition) is 3. The van der Waals surface area contributed by atoms with Crippen molar-refractivity contribution in [3.8, 4) is 0 Å². The Kier molecular flexibility index (Phi) is 66.9. The van der Waals surface area contributed by atoms with Crippen molar-refractivity contribution < 1.29 is 24.5 Å². The van der Waals surface area contributed by atoms with E-state index in [2.05, 4.69) is 31.3 Å². The van der Waals surface area contributed by atoms with Gasteiger partial charge in [-0.2, -0.15) is 0 Å². The van der Waals surface area contributed by atoms with Crippen LogP contribution >= 0.6 is 0 Å². The van der Waals surface area contributed by atoms with Crippen molar-refractivity contribution >= 4 is 11.9 Å². The summed E-state index contributed by atoms with van der Waals surface area (Å²) in [6, 6.07) is -0.536. The second-order valence-corrected chi connectivity index (χ2v) is 24.9. The number of carbonyl (C=O) groups excluding carboxylic acids is 2. The Balaban J connectivity index is 3.29. The lowest BCUT2D eigenvalue weighted by Gasteiger charge is -2.22. The fourth-order valence-electron chi connectivity index (χ4n) is 11.6. The van der Waals surface area contributed by atoms with Crippen molar-refractivity contribution in [2.75, 3.05) is 13.2 Å². The molecule has 0 saturated carbocycles. The molecule has 0 bridgehead atoms. The smallest absolute Gasteiger partial charge is 0.305 e. The molecule has 2 unspecified atom stereocenters. The zero-order valence-electron chi connectivity index (χ0n) is 53.2. The third kappa shape index (κ3) is 63.8. The molecular formula is C72H141NO5. The van der Waals surface area contributed by atoms with Gasteiger partial charge in [0.05, 0.1) is 25.4 Å². The maximum absolute atomic E-state index is 12.5. The van der Waals surface area contributed by atoms with Crippen LogP contribution in [0.25, 0.3) is 0 Å². The summed E-state index contributed by atoms with van der Waals surface area (Å²) in [5, 5.41) is 23.3. The molecule has 78 heavy (non-hydrogen) atoms. The third-order valence-electron chi connectivity index (χ3n) is 17.1. The summed E-state index contributed by atoms with van der Waals surface area (Å²) in [5.41, 5.74) is 0. The van der Waals surface area contributed by atoms with Crippen LogP contribution in [0.1, 0.15) is 412 Å². The highest BCUT2D eigenvalue weighted by atomic mass is 16.5. The van der Waals surface area contributed by atoms with Crippen LogP contribution in [0.3, 0.4) is 0 Å². The highest BCUT2D eigenvalue weighted by Crippen LogP contribution is 2.20. The lowest BCUT2D eigenvalue weighted by Crippen LogP contribution is -2.45. The molecule has 0 saturated heterocycles. The molecule has 2 atom stereocenters. The van der Waals surface area contributed by atoms with Gasteiger partial charge >= 0.3 is 5.97 Å². The minimum absolute atomic E-state index is 0.0131. The molecule has 0 heterocycles. The highest BCUT2D eigenvalue weighted by Gasteiger charge is 2.20. The Hall–Kier alpha value is -1.40. The van der Waals surface area contributed by atoms with Crippen molar-refractivity contribution in [3.63, 3.8) is 0 Å². The first-order valence-corrected chi connectivity index (χ1v) is 35.9. The second kappa shape index (κ2) is 68.1. The van der Waals surface area contributed by atoms with Gasteiger partial charge in [0, 0.05) is 12.8 Å². The number of aliphatic hydroxyl groups excluding tert-OH is 2. The van der Waals surface area contributed by atoms with E-state index in [4.69, 9.17) is 4.74 Å². The van der Waals surface area contributed by atoms with Gasteiger partial charge in [0.15, 0.2) is 0 Å². The van der Waals surface area contributed by atoms with Crippen molar-refractivity contribution in [3.05, 3.63) is 12.2 Å². The number of hydrogen-bond acceptors (Lipinski definition) is 5. The number of unbranched alkanes of at least 4 members (excludes halogenated alkanes) is 55. The number of amides is 1. The van der Waals surface area contributed by atoms with Crippen molar-refractivity contribution in [1.29, 1.82) is 0 Å². The summed E-state index contributed by atoms with van der Waals surface area (Å²) in [7, 11) is 0. The Morgan fingerprint density at radius 2 is 0.603 bits per heavy atom. The van der Waals surface area contributed by atoms with Crippen molar-refractivity contribution in [2.24, 2.45) is 0 Å². The molecule has 0 spiro atoms. The van der Waals surface area contributed by atoms with Crippen LogP contribution in [0.15, 0.2) is 12.2 Å². The summed E-state index contributed by atoms with van der Waals surface area (Å²) >= 11 is 0. The first kappa shape index (κ1) is 76.6. The van der Waals surface area contributed by atoms with E-state index in [1.165, 1.54) is 334 Å². The molecule has 3 N–H and O–H groups in total. The summed E-state index contributed by atoms with van der Waals surface area (Å²) in [6.07, 6.45) is 84.3. The van der Waals surface area contributed by atoms with Gasteiger partial charge in [-0.25, -0.2) is 0 Å². The van der Waals surface area contributed by atoms with E-state index in [9.17, 15) is 19.8 Å². The first-order valence-electron chi connectivity index (χ1n) is 35.9. The van der Waals surface area contributed by atoms with Gasteiger partial charge in [-0.1, -0.05) is 360 Å². The molecule has 0 aliphatic carbocycles. The summed E-state index contributed by atoms with van der Waals surface area (Å²) in [6.45, 7) is 4.96. The lowest BCUT2D eigenvalue weighted by molar-refractivity contribution is -0.143. The van der Waals surface area contributed by atoms with E-state index in [1.54, 1.807) is 0 Å². The summed E-state index contributed by atoms with van der Waals surface area (Å²) in [4.78, 5) is 24.5. The molecule has 0 aromatic heterocycles.